The van der Waals surface area contributed by atoms with Crippen molar-refractivity contribution in [3.8, 4) is 0 Å². The highest BCUT2D eigenvalue weighted by molar-refractivity contribution is 7.90. The molecule has 9 heteroatoms. The van der Waals surface area contributed by atoms with E-state index < -0.39 is 21.6 Å². The number of imidazole rings is 1. The van der Waals surface area contributed by atoms with Crippen LogP contribution in [0.1, 0.15) is 12.5 Å². The number of pyridine rings is 1. The first-order chi connectivity index (χ1) is 12.4. The van der Waals surface area contributed by atoms with Gasteiger partial charge in [-0.25, -0.2) is 13.2 Å². The second-order valence-electron chi connectivity index (χ2n) is 5.66. The van der Waals surface area contributed by atoms with Crippen molar-refractivity contribution in [1.29, 1.82) is 0 Å². The molecule has 2 aromatic heterocycles. The molecule has 0 atom stereocenters. The molecule has 0 fully saturated rings. The quantitative estimate of drug-likeness (QED) is 0.685. The summed E-state index contributed by atoms with van der Waals surface area (Å²) in [6.45, 7) is 1.47. The van der Waals surface area contributed by atoms with E-state index >= 15 is 0 Å². The van der Waals surface area contributed by atoms with Crippen LogP contribution in [0.2, 0.25) is 0 Å². The number of aromatic nitrogens is 3. The van der Waals surface area contributed by atoms with Crippen molar-refractivity contribution in [2.24, 2.45) is 0 Å². The minimum Gasteiger partial charge on any atom is -0.350 e. The largest absolute Gasteiger partial charge is 0.350 e. The molecule has 0 spiro atoms. The number of benzene rings is 1. The average molecular weight is 374 g/mol. The lowest BCUT2D eigenvalue weighted by atomic mass is 10.3. The van der Waals surface area contributed by atoms with Gasteiger partial charge in [-0.05, 0) is 30.7 Å². The van der Waals surface area contributed by atoms with Crippen molar-refractivity contribution in [2.75, 3.05) is 5.75 Å². The Morgan fingerprint density at radius 1 is 1.15 bits per heavy atom. The van der Waals surface area contributed by atoms with Gasteiger partial charge in [-0.2, -0.15) is 3.97 Å². The lowest BCUT2D eigenvalue weighted by molar-refractivity contribution is -0.121. The average Bonchev–Trinajstić information content (AvgIpc) is 2.93. The fraction of sp³-hybridized carbons (Fsp3) is 0.235. The zero-order valence-corrected chi connectivity index (χ0v) is 14.9. The molecule has 1 N–H and O–H groups in total. The fourth-order valence-electron chi connectivity index (χ4n) is 2.63. The van der Waals surface area contributed by atoms with Gasteiger partial charge in [0.05, 0.1) is 16.8 Å². The molecule has 0 aliphatic carbocycles. The van der Waals surface area contributed by atoms with Crippen LogP contribution >= 0.6 is 0 Å². The number of rotatable bonds is 6. The van der Waals surface area contributed by atoms with Crippen LogP contribution in [0.25, 0.3) is 11.0 Å². The molecule has 1 amide bonds. The van der Waals surface area contributed by atoms with Gasteiger partial charge in [0.25, 0.3) is 0 Å². The smallest absolute Gasteiger partial charge is 0.343 e. The van der Waals surface area contributed by atoms with Crippen LogP contribution in [0.15, 0.2) is 53.6 Å². The van der Waals surface area contributed by atoms with Gasteiger partial charge in [-0.15, -0.1) is 0 Å². The third-order valence-corrected chi connectivity index (χ3v) is 5.59. The minimum atomic E-state index is -3.78. The van der Waals surface area contributed by atoms with Crippen molar-refractivity contribution in [2.45, 2.75) is 20.0 Å². The van der Waals surface area contributed by atoms with Gasteiger partial charge >= 0.3 is 5.69 Å². The van der Waals surface area contributed by atoms with E-state index in [4.69, 9.17) is 0 Å². The summed E-state index contributed by atoms with van der Waals surface area (Å²) in [6.07, 6.45) is 3.26. The molecule has 136 valence electrons. The number of nitrogens with one attached hydrogen (secondary N) is 1. The summed E-state index contributed by atoms with van der Waals surface area (Å²) in [7, 11) is -3.78. The molecular weight excluding hydrogens is 356 g/mol. The first-order valence-corrected chi connectivity index (χ1v) is 9.64. The topological polar surface area (TPSA) is 103 Å². The summed E-state index contributed by atoms with van der Waals surface area (Å²) in [4.78, 5) is 28.9. The van der Waals surface area contributed by atoms with Crippen LogP contribution in [0.5, 0.6) is 0 Å². The minimum absolute atomic E-state index is 0.214. The summed E-state index contributed by atoms with van der Waals surface area (Å²) in [5, 5.41) is 2.70. The predicted molar refractivity (Wildman–Crippen MR) is 97.1 cm³/mol. The first kappa shape index (κ1) is 17.9. The van der Waals surface area contributed by atoms with E-state index in [1.54, 1.807) is 42.7 Å². The van der Waals surface area contributed by atoms with Crippen LogP contribution in [-0.4, -0.2) is 33.6 Å². The molecule has 0 radical (unpaired) electrons. The lowest BCUT2D eigenvalue weighted by Gasteiger charge is -2.06. The Bertz CT molecular complexity index is 1100. The molecule has 1 aromatic carbocycles. The third kappa shape index (κ3) is 3.38. The van der Waals surface area contributed by atoms with Crippen LogP contribution in [0.3, 0.4) is 0 Å². The van der Waals surface area contributed by atoms with Crippen molar-refractivity contribution >= 4 is 27.0 Å². The normalized spacial score (nSPS) is 11.6. The Kier molecular flexibility index (Phi) is 4.90. The second-order valence-corrected chi connectivity index (χ2v) is 7.77. The van der Waals surface area contributed by atoms with Crippen LogP contribution < -0.4 is 11.0 Å². The SMILES string of the molecule is CCS(=O)(=O)n1c(=O)n(CC(=O)NCc2cccnc2)c2ccccc21. The third-order valence-electron chi connectivity index (χ3n) is 3.95. The maximum atomic E-state index is 12.7. The molecule has 0 aliphatic heterocycles. The predicted octanol–water partition coefficient (Wildman–Crippen LogP) is 0.712. The zero-order valence-electron chi connectivity index (χ0n) is 14.1. The highest BCUT2D eigenvalue weighted by Crippen LogP contribution is 2.15. The van der Waals surface area contributed by atoms with Crippen molar-refractivity contribution < 1.29 is 13.2 Å². The van der Waals surface area contributed by atoms with Crippen molar-refractivity contribution in [3.05, 3.63) is 64.8 Å². The van der Waals surface area contributed by atoms with Gasteiger partial charge in [-0.3, -0.25) is 14.3 Å². The molecule has 3 rings (SSSR count). The van der Waals surface area contributed by atoms with Gasteiger partial charge < -0.3 is 5.32 Å². The summed E-state index contributed by atoms with van der Waals surface area (Å²) in [6, 6.07) is 10.1. The Labute approximate surface area is 150 Å². The number of carbonyl (C=O) groups is 1. The number of para-hydroxylation sites is 2. The molecule has 0 aliphatic rings. The number of hydrogen-bond donors (Lipinski definition) is 1. The number of carbonyl (C=O) groups excluding carboxylic acids is 1. The Balaban J connectivity index is 1.92. The Hall–Kier alpha value is -2.94. The molecular formula is C17H18N4O4S. The van der Waals surface area contributed by atoms with Gasteiger partial charge in [0.15, 0.2) is 0 Å². The fourth-order valence-corrected chi connectivity index (χ4v) is 3.68. The monoisotopic (exact) mass is 374 g/mol. The van der Waals surface area contributed by atoms with E-state index in [0.717, 1.165) is 9.54 Å². The maximum Gasteiger partial charge on any atom is 0.343 e. The van der Waals surface area contributed by atoms with Crippen molar-refractivity contribution in [1.82, 2.24) is 18.8 Å². The van der Waals surface area contributed by atoms with Gasteiger partial charge in [0, 0.05) is 18.9 Å². The molecule has 8 nitrogen and oxygen atoms in total. The molecule has 0 unspecified atom stereocenters. The van der Waals surface area contributed by atoms with E-state index in [1.165, 1.54) is 11.5 Å². The number of fused-ring (bicyclic) bond motifs is 1. The highest BCUT2D eigenvalue weighted by atomic mass is 32.2. The summed E-state index contributed by atoms with van der Waals surface area (Å²) in [5.74, 6) is -0.610. The van der Waals surface area contributed by atoms with Crippen LogP contribution in [-0.2, 0) is 27.9 Å². The van der Waals surface area contributed by atoms with E-state index in [1.807, 2.05) is 6.07 Å². The summed E-state index contributed by atoms with van der Waals surface area (Å²) < 4.78 is 26.5. The summed E-state index contributed by atoms with van der Waals surface area (Å²) in [5.41, 5.74) is 0.735. The maximum absolute atomic E-state index is 12.7. The molecule has 2 heterocycles. The van der Waals surface area contributed by atoms with Gasteiger partial charge in [0.1, 0.15) is 6.54 Å². The second kappa shape index (κ2) is 7.12. The standard InChI is InChI=1S/C17H18N4O4S/c1-2-26(24,25)21-15-8-4-3-7-14(15)20(17(21)23)12-16(22)19-11-13-6-5-9-18-10-13/h3-10H,2,11-12H2,1H3,(H,19,22). The number of nitrogens with zero attached hydrogens (tertiary/aromatic N) is 3. The lowest BCUT2D eigenvalue weighted by Crippen LogP contribution is -2.35. The molecule has 0 bridgehead atoms. The van der Waals surface area contributed by atoms with Gasteiger partial charge in [0.2, 0.25) is 15.9 Å². The van der Waals surface area contributed by atoms with E-state index in [9.17, 15) is 18.0 Å². The van der Waals surface area contributed by atoms with E-state index in [-0.39, 0.29) is 24.4 Å². The molecule has 0 saturated carbocycles. The Morgan fingerprint density at radius 2 is 1.88 bits per heavy atom. The van der Waals surface area contributed by atoms with E-state index in [2.05, 4.69) is 10.3 Å². The molecule has 0 saturated heterocycles. The van der Waals surface area contributed by atoms with E-state index in [0.29, 0.717) is 5.52 Å². The number of amides is 1. The summed E-state index contributed by atoms with van der Waals surface area (Å²) >= 11 is 0. The van der Waals surface area contributed by atoms with Gasteiger partial charge in [-0.1, -0.05) is 18.2 Å². The van der Waals surface area contributed by atoms with Crippen molar-refractivity contribution in [3.63, 3.8) is 0 Å². The van der Waals surface area contributed by atoms with Crippen LogP contribution in [0.4, 0.5) is 0 Å². The highest BCUT2D eigenvalue weighted by Gasteiger charge is 2.22. The van der Waals surface area contributed by atoms with Crippen LogP contribution in [0, 0.1) is 0 Å². The molecule has 3 aromatic rings. The molecule has 26 heavy (non-hydrogen) atoms. The first-order valence-electron chi connectivity index (χ1n) is 8.03. The zero-order chi connectivity index (χ0) is 18.7. The number of hydrogen-bond acceptors (Lipinski definition) is 5. The Morgan fingerprint density at radius 3 is 2.54 bits per heavy atom.